The molecule has 0 aliphatic heterocycles. The van der Waals surface area contributed by atoms with E-state index in [1.807, 2.05) is 7.98 Å². The van der Waals surface area contributed by atoms with Crippen molar-refractivity contribution >= 4 is 34.8 Å². The molecule has 4 nitrogen and oxygen atoms in total. The summed E-state index contributed by atoms with van der Waals surface area (Å²) in [6.45, 7) is 0.742. The van der Waals surface area contributed by atoms with Crippen molar-refractivity contribution in [3.05, 3.63) is 22.6 Å². The first kappa shape index (κ1) is 8.71. The van der Waals surface area contributed by atoms with Gasteiger partial charge in [0.05, 0.1) is 17.4 Å². The normalized spacial score (nSPS) is 10.8. The van der Waals surface area contributed by atoms with Gasteiger partial charge in [-0.3, -0.25) is 10.1 Å². The van der Waals surface area contributed by atoms with Crippen LogP contribution < -0.4 is 5.23 Å². The molecule has 0 fully saturated rings. The lowest BCUT2D eigenvalue weighted by molar-refractivity contribution is 0.914. The smallest absolute Gasteiger partial charge is 0.182 e. The number of H-pyrrole nitrogens is 1. The zero-order valence-electron chi connectivity index (χ0n) is 7.13. The number of hydrogen-bond acceptors (Lipinski definition) is 3. The summed E-state index contributed by atoms with van der Waals surface area (Å²) in [7, 11) is 1.89. The molecule has 0 bridgehead atoms. The quantitative estimate of drug-likeness (QED) is 0.743. The lowest BCUT2D eigenvalue weighted by atomic mass is 10.2. The van der Waals surface area contributed by atoms with Crippen LogP contribution in [-0.4, -0.2) is 23.2 Å². The predicted molar refractivity (Wildman–Crippen MR) is 57.0 cm³/mol. The van der Waals surface area contributed by atoms with Crippen LogP contribution in [0.1, 0.15) is 5.69 Å². The second-order valence-electron chi connectivity index (χ2n) is 2.74. The van der Waals surface area contributed by atoms with E-state index in [4.69, 9.17) is 0 Å². The Morgan fingerprint density at radius 1 is 1.54 bits per heavy atom. The minimum absolute atomic E-state index is 0.742. The van der Waals surface area contributed by atoms with Crippen LogP contribution in [0.25, 0.3) is 10.9 Å². The van der Waals surface area contributed by atoms with Gasteiger partial charge in [0, 0.05) is 22.6 Å². The molecule has 2 heterocycles. The summed E-state index contributed by atoms with van der Waals surface area (Å²) in [6.07, 6.45) is 3.59. The first-order valence-corrected chi connectivity index (χ1v) is 4.73. The third-order valence-corrected chi connectivity index (χ3v) is 2.50. The Balaban J connectivity index is 2.64. The van der Waals surface area contributed by atoms with Gasteiger partial charge < -0.3 is 5.23 Å². The lowest BCUT2D eigenvalue weighted by Crippen LogP contribution is -2.09. The first-order chi connectivity index (χ1) is 6.33. The van der Waals surface area contributed by atoms with Crippen LogP contribution in [0.15, 0.2) is 16.9 Å². The second kappa shape index (κ2) is 3.47. The number of pyridine rings is 1. The van der Waals surface area contributed by atoms with E-state index in [9.17, 15) is 0 Å². The van der Waals surface area contributed by atoms with Crippen LogP contribution in [0.5, 0.6) is 0 Å². The largest absolute Gasteiger partial charge is 0.357 e. The van der Waals surface area contributed by atoms with Gasteiger partial charge in [-0.05, 0) is 15.9 Å². The molecule has 0 amide bonds. The molecular weight excluding hydrogens is 231 g/mol. The van der Waals surface area contributed by atoms with Gasteiger partial charge in [0.1, 0.15) is 0 Å². The molecule has 0 spiro atoms. The van der Waals surface area contributed by atoms with Gasteiger partial charge in [0.15, 0.2) is 7.98 Å². The molecule has 0 saturated heterocycles. The molecule has 2 aromatic rings. The van der Waals surface area contributed by atoms with Crippen molar-refractivity contribution in [3.63, 3.8) is 0 Å². The van der Waals surface area contributed by atoms with E-state index >= 15 is 0 Å². The fourth-order valence-corrected chi connectivity index (χ4v) is 1.66. The zero-order valence-corrected chi connectivity index (χ0v) is 8.72. The molecule has 13 heavy (non-hydrogen) atoms. The van der Waals surface area contributed by atoms with Crippen molar-refractivity contribution < 1.29 is 0 Å². The number of halogens is 1. The van der Waals surface area contributed by atoms with E-state index in [1.54, 1.807) is 12.4 Å². The molecule has 66 valence electrons. The van der Waals surface area contributed by atoms with Crippen LogP contribution in [0.2, 0.25) is 0 Å². The summed E-state index contributed by atoms with van der Waals surface area (Å²) < 4.78 is 0.969. The van der Waals surface area contributed by atoms with Gasteiger partial charge in [-0.2, -0.15) is 5.10 Å². The van der Waals surface area contributed by atoms with Gasteiger partial charge in [-0.25, -0.2) is 0 Å². The van der Waals surface area contributed by atoms with Crippen molar-refractivity contribution in [2.24, 2.45) is 0 Å². The maximum Gasteiger partial charge on any atom is 0.182 e. The molecule has 0 unspecified atom stereocenters. The van der Waals surface area contributed by atoms with E-state index in [0.717, 1.165) is 27.6 Å². The van der Waals surface area contributed by atoms with Gasteiger partial charge in [0.25, 0.3) is 0 Å². The Hall–Kier alpha value is -0.875. The molecule has 6 heteroatoms. The molecule has 2 rings (SSSR count). The maximum absolute atomic E-state index is 4.29. The second-order valence-corrected chi connectivity index (χ2v) is 3.60. The number of hydrogen-bond donors (Lipinski definition) is 2. The number of rotatable bonds is 2. The van der Waals surface area contributed by atoms with E-state index in [2.05, 4.69) is 36.3 Å². The van der Waals surface area contributed by atoms with Gasteiger partial charge in [0.2, 0.25) is 0 Å². The molecule has 0 saturated carbocycles. The van der Waals surface area contributed by atoms with Crippen LogP contribution in [0.4, 0.5) is 0 Å². The first-order valence-electron chi connectivity index (χ1n) is 3.94. The fourth-order valence-electron chi connectivity index (χ4n) is 1.26. The minimum atomic E-state index is 0.742. The molecule has 2 N–H and O–H groups in total. The number of nitrogens with one attached hydrogen (secondary N) is 2. The Morgan fingerprint density at radius 3 is 3.15 bits per heavy atom. The van der Waals surface area contributed by atoms with E-state index in [1.165, 1.54) is 0 Å². The third kappa shape index (κ3) is 1.47. The number of aromatic nitrogens is 3. The van der Waals surface area contributed by atoms with Crippen molar-refractivity contribution in [2.75, 3.05) is 0 Å². The standard InChI is InChI=1S/C7H8BBrN4/c8-11-3-6-7-4(1-12-13-7)5(9)2-10-6/h1-2,11H,3,8H2,(H,12,13). The average Bonchev–Trinajstić information content (AvgIpc) is 2.59. The minimum Gasteiger partial charge on any atom is -0.357 e. The molecule has 0 aliphatic rings. The predicted octanol–water partition coefficient (Wildman–Crippen LogP) is 0.358. The van der Waals surface area contributed by atoms with Gasteiger partial charge in [-0.15, -0.1) is 0 Å². The van der Waals surface area contributed by atoms with E-state index in [0.29, 0.717) is 0 Å². The van der Waals surface area contributed by atoms with Crippen molar-refractivity contribution in [1.29, 1.82) is 0 Å². The highest BCUT2D eigenvalue weighted by Gasteiger charge is 2.06. The Kier molecular flexibility index (Phi) is 2.33. The highest BCUT2D eigenvalue weighted by Crippen LogP contribution is 2.22. The van der Waals surface area contributed by atoms with E-state index in [-0.39, 0.29) is 0 Å². The third-order valence-electron chi connectivity index (χ3n) is 1.86. The van der Waals surface area contributed by atoms with Crippen molar-refractivity contribution in [3.8, 4) is 0 Å². The lowest BCUT2D eigenvalue weighted by Gasteiger charge is -2.01. The molecule has 2 aromatic heterocycles. The number of fused-ring (bicyclic) bond motifs is 1. The summed E-state index contributed by atoms with van der Waals surface area (Å²) in [5, 5.41) is 11.0. The summed E-state index contributed by atoms with van der Waals surface area (Å²) >= 11 is 3.42. The van der Waals surface area contributed by atoms with Crippen molar-refractivity contribution in [2.45, 2.75) is 6.54 Å². The van der Waals surface area contributed by atoms with Crippen LogP contribution in [0.3, 0.4) is 0 Å². The molecular formula is C7H8BBrN4. The maximum atomic E-state index is 4.29. The van der Waals surface area contributed by atoms with Crippen LogP contribution in [0, 0.1) is 0 Å². The average molecular weight is 239 g/mol. The Labute approximate surface area is 84.7 Å². The highest BCUT2D eigenvalue weighted by atomic mass is 79.9. The van der Waals surface area contributed by atoms with Gasteiger partial charge in [-0.1, -0.05) is 0 Å². The molecule has 0 radical (unpaired) electrons. The summed E-state index contributed by atoms with van der Waals surface area (Å²) in [5.74, 6) is 0. The summed E-state index contributed by atoms with van der Waals surface area (Å²) in [5.41, 5.74) is 1.97. The number of aromatic amines is 1. The fraction of sp³-hybridized carbons (Fsp3) is 0.143. The molecule has 0 atom stereocenters. The molecule has 0 aliphatic carbocycles. The Morgan fingerprint density at radius 2 is 2.38 bits per heavy atom. The van der Waals surface area contributed by atoms with Crippen molar-refractivity contribution in [1.82, 2.24) is 20.4 Å². The van der Waals surface area contributed by atoms with Crippen LogP contribution in [-0.2, 0) is 6.54 Å². The molecule has 0 aromatic carbocycles. The summed E-state index contributed by atoms with van der Waals surface area (Å²) in [6, 6.07) is 0. The van der Waals surface area contributed by atoms with E-state index < -0.39 is 0 Å². The topological polar surface area (TPSA) is 53.6 Å². The monoisotopic (exact) mass is 238 g/mol. The SMILES string of the molecule is BNCc1ncc(Br)c2cn[nH]c12. The Bertz CT molecular complexity index is 427. The van der Waals surface area contributed by atoms with Crippen LogP contribution >= 0.6 is 15.9 Å². The zero-order chi connectivity index (χ0) is 9.26. The van der Waals surface area contributed by atoms with Gasteiger partial charge >= 0.3 is 0 Å². The summed E-state index contributed by atoms with van der Waals surface area (Å²) in [4.78, 5) is 4.29. The highest BCUT2D eigenvalue weighted by molar-refractivity contribution is 9.10. The number of nitrogens with zero attached hydrogens (tertiary/aromatic N) is 2.